The van der Waals surface area contributed by atoms with Gasteiger partial charge < -0.3 is 23.4 Å². The van der Waals surface area contributed by atoms with Crippen LogP contribution in [0, 0.1) is 29.1 Å². The van der Waals surface area contributed by atoms with E-state index in [9.17, 15) is 19.4 Å². The van der Waals surface area contributed by atoms with Crippen LogP contribution < -0.4 is 16.2 Å². The van der Waals surface area contributed by atoms with Gasteiger partial charge in [0, 0.05) is 18.0 Å². The van der Waals surface area contributed by atoms with Crippen LogP contribution >= 0.6 is 25.8 Å². The summed E-state index contributed by atoms with van der Waals surface area (Å²) in [5, 5.41) is 23.0. The number of aromatic amines is 1. The van der Waals surface area contributed by atoms with Crippen LogP contribution in [0.5, 0.6) is 0 Å². The van der Waals surface area contributed by atoms with Crippen LogP contribution in [0.1, 0.15) is 45.6 Å². The van der Waals surface area contributed by atoms with Crippen molar-refractivity contribution in [3.8, 4) is 6.07 Å². The second-order valence-electron chi connectivity index (χ2n) is 12.4. The third kappa shape index (κ3) is 8.41. The Morgan fingerprint density at radius 1 is 1.30 bits per heavy atom. The first-order chi connectivity index (χ1) is 23.8. The van der Waals surface area contributed by atoms with Gasteiger partial charge in [0.25, 0.3) is 5.56 Å². The second-order valence-corrected chi connectivity index (χ2v) is 18.3. The number of fused-ring (bicyclic) bond motifs is 4. The van der Waals surface area contributed by atoms with Gasteiger partial charge in [-0.05, 0) is 43.1 Å². The molecule has 4 heterocycles. The van der Waals surface area contributed by atoms with Crippen LogP contribution in [0.2, 0.25) is 0 Å². The Kier molecular flexibility index (Phi) is 11.3. The van der Waals surface area contributed by atoms with Gasteiger partial charge in [-0.15, -0.1) is 5.10 Å². The van der Waals surface area contributed by atoms with Crippen molar-refractivity contribution < 1.29 is 36.4 Å². The van der Waals surface area contributed by atoms with Crippen molar-refractivity contribution in [2.75, 3.05) is 30.5 Å². The van der Waals surface area contributed by atoms with E-state index in [1.807, 2.05) is 6.07 Å². The number of aromatic nitrogens is 7. The number of carbonyl (C=O) groups excluding carboxylic acids is 1. The van der Waals surface area contributed by atoms with Crippen molar-refractivity contribution in [1.82, 2.24) is 34.9 Å². The highest BCUT2D eigenvalue weighted by Gasteiger charge is 2.50. The van der Waals surface area contributed by atoms with Crippen LogP contribution in [0.4, 0.5) is 16.2 Å². The summed E-state index contributed by atoms with van der Waals surface area (Å²) >= 11 is 10.0. The zero-order valence-corrected chi connectivity index (χ0v) is 30.3. The van der Waals surface area contributed by atoms with Crippen molar-refractivity contribution in [2.45, 2.75) is 70.0 Å². The van der Waals surface area contributed by atoms with E-state index in [1.165, 1.54) is 17.2 Å². The average Bonchev–Trinajstić information content (AvgIpc) is 3.75. The molecule has 50 heavy (non-hydrogen) atoms. The summed E-state index contributed by atoms with van der Waals surface area (Å²) in [6.45, 7) is -4.83. The fraction of sp³-hybridized carbons (Fsp3) is 0.630. The first kappa shape index (κ1) is 36.9. The zero-order chi connectivity index (χ0) is 35.6. The van der Waals surface area contributed by atoms with Crippen LogP contribution in [0.25, 0.3) is 11.2 Å². The standard InChI is InChI=1S/C27H35FN10O8P2S2/c1-14(2)25(39)34-27-33-24-22(26(40)35-27)36-37-38(24)18-8-15-9-19(18)45-48(50,42-7-3-5-29)44-12-16-10-17(32-20-4-6-30-13-31-20)21(28)23(16)46-47(41,49)43-11-15/h4,6,13-19,21,23H,3,7-12H2,1-2H3,(H,41,49)(H,30,31,32)(H2,33,34,35,39,40)/t15-,16+,17+,18+,19+,21-,23+,47+,48-/m0/s1. The molecule has 270 valence electrons. The normalized spacial score (nSPS) is 33.2. The van der Waals surface area contributed by atoms with E-state index in [0.717, 1.165) is 0 Å². The smallest absolute Gasteiger partial charge is 0.364 e. The molecule has 2 aliphatic carbocycles. The Morgan fingerprint density at radius 2 is 2.12 bits per heavy atom. The summed E-state index contributed by atoms with van der Waals surface area (Å²) < 4.78 is 61.0. The third-order valence-corrected chi connectivity index (χ3v) is 12.5. The number of hydrogen-bond acceptors (Lipinski definition) is 16. The van der Waals surface area contributed by atoms with Gasteiger partial charge in [0.2, 0.25) is 11.9 Å². The lowest BCUT2D eigenvalue weighted by Crippen LogP contribution is -2.33. The number of H-pyrrole nitrogens is 1. The number of carbonyl (C=O) groups is 1. The van der Waals surface area contributed by atoms with Crippen molar-refractivity contribution in [3.63, 3.8) is 0 Å². The predicted molar refractivity (Wildman–Crippen MR) is 182 cm³/mol. The molecular formula is C27H35FN10O8P2S2. The zero-order valence-electron chi connectivity index (χ0n) is 26.8. The van der Waals surface area contributed by atoms with Gasteiger partial charge in [0.05, 0.1) is 50.5 Å². The van der Waals surface area contributed by atoms with Gasteiger partial charge >= 0.3 is 13.5 Å². The fourth-order valence-corrected chi connectivity index (χ4v) is 9.86. The van der Waals surface area contributed by atoms with E-state index in [0.29, 0.717) is 5.82 Å². The molecule has 6 rings (SSSR count). The molecule has 0 radical (unpaired) electrons. The molecule has 3 aromatic heterocycles. The van der Waals surface area contributed by atoms with E-state index in [4.69, 9.17) is 34.4 Å². The minimum absolute atomic E-state index is 0.00354. The topological polar surface area (TPSA) is 230 Å². The molecule has 9 atom stereocenters. The van der Waals surface area contributed by atoms with Gasteiger partial charge in [-0.3, -0.25) is 24.4 Å². The van der Waals surface area contributed by atoms with E-state index in [2.05, 4.69) is 53.1 Å². The molecule has 3 aliphatic rings. The second kappa shape index (κ2) is 15.4. The summed E-state index contributed by atoms with van der Waals surface area (Å²) in [5.41, 5.74) is -0.626. The van der Waals surface area contributed by atoms with E-state index < -0.39 is 55.5 Å². The quantitative estimate of drug-likeness (QED) is 0.145. The van der Waals surface area contributed by atoms with Gasteiger partial charge in [0.15, 0.2) is 11.2 Å². The lowest BCUT2D eigenvalue weighted by Gasteiger charge is -2.30. The van der Waals surface area contributed by atoms with Gasteiger partial charge in [0.1, 0.15) is 24.4 Å². The Morgan fingerprint density at radius 3 is 2.86 bits per heavy atom. The Bertz CT molecular complexity index is 1900. The number of amides is 1. The number of nitrogens with zero attached hydrogens (tertiary/aromatic N) is 7. The van der Waals surface area contributed by atoms with Crippen LogP contribution in [0.3, 0.4) is 0 Å². The number of halogens is 1. The van der Waals surface area contributed by atoms with Crippen LogP contribution in [-0.2, 0) is 43.8 Å². The van der Waals surface area contributed by atoms with Crippen LogP contribution in [-0.4, -0.2) is 85.1 Å². The number of hydrogen-bond donors (Lipinski definition) is 4. The maximum absolute atomic E-state index is 16.0. The molecule has 3 N–H and O–H groups in total. The lowest BCUT2D eigenvalue weighted by atomic mass is 10.1. The van der Waals surface area contributed by atoms with Crippen molar-refractivity contribution >= 4 is 66.4 Å². The maximum Gasteiger partial charge on any atom is 0.386 e. The molecular weight excluding hydrogens is 737 g/mol. The Labute approximate surface area is 295 Å². The molecule has 1 amide bonds. The molecule has 1 aliphatic heterocycles. The summed E-state index contributed by atoms with van der Waals surface area (Å²) in [7, 11) is 0. The number of thiol groups is 1. The highest BCUT2D eigenvalue weighted by Crippen LogP contribution is 2.60. The van der Waals surface area contributed by atoms with Crippen molar-refractivity contribution in [3.05, 3.63) is 28.9 Å². The largest absolute Gasteiger partial charge is 0.386 e. The SMILES string of the molecule is CC(C)C(=O)Nc1nc2c(nnn2[C@@H]2C[C@@H]3CO[P@@](=O)(S)O[C@@H]4[C@@H](CO[P@@](=S)(OCCC#N)O[C@@H]2C3)C[C@@H](Nc2ccncn2)[C@@H]4F)c(=O)[nH]1. The Balaban J connectivity index is 1.31. The molecule has 1 saturated heterocycles. The first-order valence-corrected chi connectivity index (χ1v) is 21.0. The number of anilines is 2. The summed E-state index contributed by atoms with van der Waals surface area (Å²) in [6.07, 6.45) is -0.169. The van der Waals surface area contributed by atoms with Crippen LogP contribution in [0.15, 0.2) is 23.4 Å². The van der Waals surface area contributed by atoms with Crippen molar-refractivity contribution in [2.24, 2.45) is 17.8 Å². The summed E-state index contributed by atoms with van der Waals surface area (Å²) in [5.74, 6) is -1.51. The summed E-state index contributed by atoms with van der Waals surface area (Å²) in [6, 6.07) is 2.10. The number of rotatable bonds is 8. The molecule has 2 saturated carbocycles. The maximum atomic E-state index is 16.0. The third-order valence-electron chi connectivity index (χ3n) is 8.52. The number of alkyl halides is 1. The monoisotopic (exact) mass is 772 g/mol. The van der Waals surface area contributed by atoms with Gasteiger partial charge in [-0.1, -0.05) is 31.3 Å². The number of nitrogens with one attached hydrogen (secondary N) is 3. The van der Waals surface area contributed by atoms with Gasteiger partial charge in [-0.25, -0.2) is 23.6 Å². The molecule has 18 nitrogen and oxygen atoms in total. The Hall–Kier alpha value is -2.92. The molecule has 0 aromatic carbocycles. The van der Waals surface area contributed by atoms with E-state index in [1.54, 1.807) is 19.9 Å². The molecule has 3 aromatic rings. The molecule has 0 unspecified atom stereocenters. The molecule has 23 heteroatoms. The lowest BCUT2D eigenvalue weighted by molar-refractivity contribution is -0.118. The van der Waals surface area contributed by atoms with E-state index >= 15 is 4.39 Å². The van der Waals surface area contributed by atoms with E-state index in [-0.39, 0.29) is 80.4 Å². The molecule has 3 fully saturated rings. The highest BCUT2D eigenvalue weighted by molar-refractivity contribution is 8.44. The van der Waals surface area contributed by atoms with Crippen molar-refractivity contribution in [1.29, 1.82) is 5.26 Å². The number of nitriles is 1. The highest BCUT2D eigenvalue weighted by atomic mass is 32.7. The average molecular weight is 773 g/mol. The minimum Gasteiger partial charge on any atom is -0.364 e. The summed E-state index contributed by atoms with van der Waals surface area (Å²) in [4.78, 5) is 40.2. The minimum atomic E-state index is -4.12. The predicted octanol–water partition coefficient (Wildman–Crippen LogP) is 3.70. The first-order valence-electron chi connectivity index (χ1n) is 15.8. The molecule has 0 spiro atoms. The fourth-order valence-electron chi connectivity index (χ4n) is 6.09. The van der Waals surface area contributed by atoms with Gasteiger partial charge in [-0.2, -0.15) is 10.2 Å². The molecule has 2 bridgehead atoms.